The van der Waals surface area contributed by atoms with Crippen molar-refractivity contribution in [1.29, 1.82) is 0 Å². The van der Waals surface area contributed by atoms with E-state index in [-0.39, 0.29) is 0 Å². The second kappa shape index (κ2) is 25.1. The molecule has 0 atom stereocenters. The normalized spacial score (nSPS) is 15.5. The van der Waals surface area contributed by atoms with Gasteiger partial charge in [-0.15, -0.1) is 0 Å². The monoisotopic (exact) mass is 464 g/mol. The molecule has 1 aliphatic heterocycles. The Hall–Kier alpha value is -0.0400. The van der Waals surface area contributed by atoms with Crippen LogP contribution in [0.25, 0.3) is 0 Å². The van der Waals surface area contributed by atoms with Crippen LogP contribution < -0.4 is 0 Å². The van der Waals surface area contributed by atoms with Gasteiger partial charge in [-0.05, 0) is 44.8 Å². The number of unbranched alkanes of at least 4 members (excludes halogenated alkanes) is 21. The summed E-state index contributed by atoms with van der Waals surface area (Å²) in [4.78, 5) is 2.77. The van der Waals surface area contributed by atoms with E-state index in [2.05, 4.69) is 18.7 Å². The van der Waals surface area contributed by atoms with Gasteiger partial charge < -0.3 is 4.90 Å². The Kier molecular flexibility index (Phi) is 23.5. The van der Waals surface area contributed by atoms with E-state index in [1.54, 1.807) is 0 Å². The maximum absolute atomic E-state index is 2.77. The predicted octanol–water partition coefficient (Wildman–Crippen LogP) is 11.1. The predicted molar refractivity (Wildman–Crippen MR) is 151 cm³/mol. The second-order valence-corrected chi connectivity index (χ2v) is 11.5. The molecule has 0 spiro atoms. The van der Waals surface area contributed by atoms with Crippen molar-refractivity contribution in [2.45, 2.75) is 181 Å². The number of hydrogen-bond donors (Lipinski definition) is 0. The topological polar surface area (TPSA) is 3.24 Å². The zero-order valence-electron chi connectivity index (χ0n) is 23.5. The Labute approximate surface area is 211 Å². The highest BCUT2D eigenvalue weighted by molar-refractivity contribution is 4.72. The van der Waals surface area contributed by atoms with E-state index >= 15 is 0 Å². The van der Waals surface area contributed by atoms with Crippen LogP contribution >= 0.6 is 0 Å². The Balaban J connectivity index is 1.77. The van der Waals surface area contributed by atoms with Crippen LogP contribution in [0.1, 0.15) is 181 Å². The van der Waals surface area contributed by atoms with Gasteiger partial charge >= 0.3 is 0 Å². The molecule has 0 radical (unpaired) electrons. The van der Waals surface area contributed by atoms with E-state index in [1.807, 2.05) is 0 Å². The van der Waals surface area contributed by atoms with Crippen LogP contribution in [-0.4, -0.2) is 24.5 Å². The number of rotatable bonds is 25. The first-order chi connectivity index (χ1) is 16.4. The smallest absolute Gasteiger partial charge is 0.00161 e. The van der Waals surface area contributed by atoms with E-state index in [1.165, 1.54) is 187 Å². The lowest BCUT2D eigenvalue weighted by Gasteiger charge is -2.32. The summed E-state index contributed by atoms with van der Waals surface area (Å²) < 4.78 is 0. The molecule has 0 N–H and O–H groups in total. The molecule has 1 aliphatic rings. The fourth-order valence-electron chi connectivity index (χ4n) is 5.77. The molecular weight excluding hydrogens is 398 g/mol. The quantitative estimate of drug-likeness (QED) is 0.122. The van der Waals surface area contributed by atoms with Gasteiger partial charge in [0.2, 0.25) is 0 Å². The van der Waals surface area contributed by atoms with Crippen LogP contribution in [0.4, 0.5) is 0 Å². The van der Waals surface area contributed by atoms with Gasteiger partial charge in [0.25, 0.3) is 0 Å². The Morgan fingerprint density at radius 1 is 0.424 bits per heavy atom. The maximum Gasteiger partial charge on any atom is -0.00161 e. The fraction of sp³-hybridized carbons (Fsp3) is 1.00. The van der Waals surface area contributed by atoms with E-state index in [4.69, 9.17) is 0 Å². The summed E-state index contributed by atoms with van der Waals surface area (Å²) in [5.41, 5.74) is 0. The first-order valence-corrected chi connectivity index (χ1v) is 16.1. The molecule has 0 amide bonds. The minimum absolute atomic E-state index is 1.04. The third-order valence-corrected chi connectivity index (χ3v) is 8.25. The van der Waals surface area contributed by atoms with Gasteiger partial charge in [0.15, 0.2) is 0 Å². The summed E-state index contributed by atoms with van der Waals surface area (Å²) in [7, 11) is 0. The number of hydrogen-bond acceptors (Lipinski definition) is 1. The van der Waals surface area contributed by atoms with Crippen molar-refractivity contribution in [2.75, 3.05) is 19.6 Å². The summed E-state index contributed by atoms with van der Waals surface area (Å²) in [5.74, 6) is 1.04. The maximum atomic E-state index is 2.77. The molecule has 33 heavy (non-hydrogen) atoms. The molecule has 0 bridgehead atoms. The second-order valence-electron chi connectivity index (χ2n) is 11.5. The summed E-state index contributed by atoms with van der Waals surface area (Å²) in [5, 5.41) is 0. The molecular formula is C32H65N. The standard InChI is InChI=1S/C32H65N/c1-3-5-7-9-11-13-15-17-19-21-23-25-29-33-30-27-32(28-31-33)26-24-22-20-18-16-14-12-10-8-6-4-2/h32H,3-31H2,1-2H3. The van der Waals surface area contributed by atoms with Gasteiger partial charge in [0.1, 0.15) is 0 Å². The highest BCUT2D eigenvalue weighted by Crippen LogP contribution is 2.24. The molecule has 0 aliphatic carbocycles. The van der Waals surface area contributed by atoms with Gasteiger partial charge in [-0.25, -0.2) is 0 Å². The zero-order valence-corrected chi connectivity index (χ0v) is 23.5. The van der Waals surface area contributed by atoms with Crippen LogP contribution in [0.2, 0.25) is 0 Å². The van der Waals surface area contributed by atoms with Gasteiger partial charge in [0.05, 0.1) is 0 Å². The molecule has 1 nitrogen and oxygen atoms in total. The van der Waals surface area contributed by atoms with Gasteiger partial charge in [-0.3, -0.25) is 0 Å². The molecule has 198 valence electrons. The highest BCUT2D eigenvalue weighted by atomic mass is 15.1. The number of likely N-dealkylation sites (tertiary alicyclic amines) is 1. The summed E-state index contributed by atoms with van der Waals surface area (Å²) in [6, 6.07) is 0. The molecule has 0 unspecified atom stereocenters. The summed E-state index contributed by atoms with van der Waals surface area (Å²) >= 11 is 0. The summed E-state index contributed by atoms with van der Waals surface area (Å²) in [6.07, 6.45) is 38.2. The minimum Gasteiger partial charge on any atom is -0.303 e. The Morgan fingerprint density at radius 2 is 0.758 bits per heavy atom. The minimum atomic E-state index is 1.04. The van der Waals surface area contributed by atoms with E-state index in [0.717, 1.165) is 5.92 Å². The van der Waals surface area contributed by atoms with Crippen molar-refractivity contribution in [3.05, 3.63) is 0 Å². The summed E-state index contributed by atoms with van der Waals surface area (Å²) in [6.45, 7) is 8.77. The Bertz CT molecular complexity index is 358. The van der Waals surface area contributed by atoms with Crippen molar-refractivity contribution < 1.29 is 0 Å². The average Bonchev–Trinajstić information content (AvgIpc) is 2.84. The van der Waals surface area contributed by atoms with Crippen LogP contribution in [0.15, 0.2) is 0 Å². The lowest BCUT2D eigenvalue weighted by Crippen LogP contribution is -2.34. The van der Waals surface area contributed by atoms with Gasteiger partial charge in [-0.1, -0.05) is 162 Å². The molecule has 0 aromatic carbocycles. The lowest BCUT2D eigenvalue weighted by atomic mass is 9.91. The molecule has 0 aromatic heterocycles. The van der Waals surface area contributed by atoms with Crippen LogP contribution in [0.3, 0.4) is 0 Å². The first-order valence-electron chi connectivity index (χ1n) is 16.1. The van der Waals surface area contributed by atoms with E-state index in [9.17, 15) is 0 Å². The first kappa shape index (κ1) is 31.0. The Morgan fingerprint density at radius 3 is 1.15 bits per heavy atom. The van der Waals surface area contributed by atoms with Crippen molar-refractivity contribution >= 4 is 0 Å². The third-order valence-electron chi connectivity index (χ3n) is 8.25. The van der Waals surface area contributed by atoms with E-state index < -0.39 is 0 Å². The largest absolute Gasteiger partial charge is 0.303 e. The van der Waals surface area contributed by atoms with Crippen LogP contribution in [0.5, 0.6) is 0 Å². The van der Waals surface area contributed by atoms with Crippen molar-refractivity contribution in [3.63, 3.8) is 0 Å². The van der Waals surface area contributed by atoms with Crippen molar-refractivity contribution in [3.8, 4) is 0 Å². The van der Waals surface area contributed by atoms with Crippen molar-refractivity contribution in [1.82, 2.24) is 4.90 Å². The molecule has 1 rings (SSSR count). The number of piperidine rings is 1. The average molecular weight is 464 g/mol. The number of nitrogens with zero attached hydrogens (tertiary/aromatic N) is 1. The molecule has 0 aromatic rings. The SMILES string of the molecule is CCCCCCCCCCCCCCN1CCC(CCCCCCCCCCCCC)CC1. The third kappa shape index (κ3) is 21.0. The van der Waals surface area contributed by atoms with Crippen LogP contribution in [-0.2, 0) is 0 Å². The van der Waals surface area contributed by atoms with Crippen molar-refractivity contribution in [2.24, 2.45) is 5.92 Å². The van der Waals surface area contributed by atoms with Gasteiger partial charge in [0, 0.05) is 0 Å². The molecule has 0 saturated carbocycles. The molecule has 1 saturated heterocycles. The lowest BCUT2D eigenvalue weighted by molar-refractivity contribution is 0.174. The molecule has 1 fully saturated rings. The van der Waals surface area contributed by atoms with Crippen LogP contribution in [0, 0.1) is 5.92 Å². The molecule has 1 heteroatoms. The van der Waals surface area contributed by atoms with Gasteiger partial charge in [-0.2, -0.15) is 0 Å². The highest BCUT2D eigenvalue weighted by Gasteiger charge is 2.18. The fourth-order valence-corrected chi connectivity index (χ4v) is 5.77. The molecule has 1 heterocycles. The van der Waals surface area contributed by atoms with E-state index in [0.29, 0.717) is 0 Å². The zero-order chi connectivity index (χ0) is 23.7.